The van der Waals surface area contributed by atoms with E-state index >= 15 is 0 Å². The molecule has 3 N–H and O–H groups in total. The molecule has 1 saturated carbocycles. The lowest BCUT2D eigenvalue weighted by Crippen LogP contribution is -2.47. The van der Waals surface area contributed by atoms with Crippen LogP contribution in [0, 0.1) is 0 Å². The van der Waals surface area contributed by atoms with E-state index in [-0.39, 0.29) is 11.7 Å². The van der Waals surface area contributed by atoms with Gasteiger partial charge in [0.25, 0.3) is 0 Å². The number of nitrogens with two attached hydrogens (primary N) is 1. The van der Waals surface area contributed by atoms with E-state index < -0.39 is 6.10 Å². The molecule has 3 heteroatoms. The number of hydrogen-bond donors (Lipinski definition) is 2. The number of aliphatic hydroxyl groups is 1. The molecule has 112 valence electrons. The molecule has 3 nitrogen and oxygen atoms in total. The summed E-state index contributed by atoms with van der Waals surface area (Å²) >= 11 is 0. The summed E-state index contributed by atoms with van der Waals surface area (Å²) in [6, 6.07) is 10.7. The Morgan fingerprint density at radius 1 is 1.25 bits per heavy atom. The lowest BCUT2D eigenvalue weighted by molar-refractivity contribution is -0.135. The molecule has 0 aliphatic heterocycles. The molecule has 1 aliphatic rings. The highest BCUT2D eigenvalue weighted by Crippen LogP contribution is 2.40. The van der Waals surface area contributed by atoms with Crippen molar-refractivity contribution in [3.05, 3.63) is 35.9 Å². The summed E-state index contributed by atoms with van der Waals surface area (Å²) in [7, 11) is 0. The maximum Gasteiger partial charge on any atom is 0.0811 e. The maximum absolute atomic E-state index is 9.63. The zero-order chi connectivity index (χ0) is 14.6. The Kier molecular flexibility index (Phi) is 5.19. The molecule has 1 aliphatic carbocycles. The minimum Gasteiger partial charge on any atom is -0.391 e. The number of aliphatic hydroxyl groups excluding tert-OH is 1. The third-order valence-electron chi connectivity index (χ3n) is 4.66. The highest BCUT2D eigenvalue weighted by molar-refractivity contribution is 5.20. The first-order valence-electron chi connectivity index (χ1n) is 7.67. The van der Waals surface area contributed by atoms with Crippen molar-refractivity contribution in [2.45, 2.75) is 63.3 Å². The molecule has 0 aromatic heterocycles. The Balaban J connectivity index is 1.97. The molecule has 20 heavy (non-hydrogen) atoms. The van der Waals surface area contributed by atoms with Crippen molar-refractivity contribution < 1.29 is 9.84 Å². The van der Waals surface area contributed by atoms with Crippen molar-refractivity contribution in [1.29, 1.82) is 0 Å². The Labute approximate surface area is 122 Å². The Bertz CT molecular complexity index is 397. The number of benzene rings is 1. The standard InChI is InChI=1S/C17H27NO2/c1-13(19)14(2)20-17(12-18)10-8-16(9-11-17)15-6-4-3-5-7-15/h3-7,13-14,16,19H,8-12,18H2,1-2H3. The van der Waals surface area contributed by atoms with E-state index in [1.54, 1.807) is 6.92 Å². The predicted octanol–water partition coefficient (Wildman–Crippen LogP) is 2.83. The molecule has 1 aromatic carbocycles. The highest BCUT2D eigenvalue weighted by atomic mass is 16.5. The van der Waals surface area contributed by atoms with Gasteiger partial charge in [0.1, 0.15) is 0 Å². The SMILES string of the molecule is CC(O)C(C)OC1(CN)CCC(c2ccccc2)CC1. The molecule has 0 heterocycles. The van der Waals surface area contributed by atoms with Gasteiger partial charge < -0.3 is 15.6 Å². The zero-order valence-electron chi connectivity index (χ0n) is 12.6. The second kappa shape index (κ2) is 6.70. The maximum atomic E-state index is 9.63. The molecule has 2 rings (SSSR count). The lowest BCUT2D eigenvalue weighted by atomic mass is 9.76. The van der Waals surface area contributed by atoms with Gasteiger partial charge in [0, 0.05) is 6.54 Å². The van der Waals surface area contributed by atoms with Gasteiger partial charge in [0.2, 0.25) is 0 Å². The molecule has 1 aromatic rings. The monoisotopic (exact) mass is 277 g/mol. The minimum atomic E-state index is -0.453. The van der Waals surface area contributed by atoms with E-state index in [0.717, 1.165) is 25.7 Å². The quantitative estimate of drug-likeness (QED) is 0.870. The van der Waals surface area contributed by atoms with Crippen molar-refractivity contribution in [3.8, 4) is 0 Å². The van der Waals surface area contributed by atoms with E-state index in [2.05, 4.69) is 30.3 Å². The summed E-state index contributed by atoms with van der Waals surface area (Å²) in [4.78, 5) is 0. The number of ether oxygens (including phenoxy) is 1. The average molecular weight is 277 g/mol. The molecule has 2 atom stereocenters. The summed E-state index contributed by atoms with van der Waals surface area (Å²) in [5, 5.41) is 9.63. The van der Waals surface area contributed by atoms with E-state index in [4.69, 9.17) is 10.5 Å². The first kappa shape index (κ1) is 15.5. The van der Waals surface area contributed by atoms with Crippen LogP contribution in [0.5, 0.6) is 0 Å². The van der Waals surface area contributed by atoms with Gasteiger partial charge in [-0.3, -0.25) is 0 Å². The van der Waals surface area contributed by atoms with Crippen molar-refractivity contribution in [2.24, 2.45) is 5.73 Å². The summed E-state index contributed by atoms with van der Waals surface area (Å²) < 4.78 is 6.10. The van der Waals surface area contributed by atoms with Crippen LogP contribution < -0.4 is 5.73 Å². The zero-order valence-corrected chi connectivity index (χ0v) is 12.6. The van der Waals surface area contributed by atoms with Crippen LogP contribution >= 0.6 is 0 Å². The third kappa shape index (κ3) is 3.60. The van der Waals surface area contributed by atoms with Gasteiger partial charge in [-0.2, -0.15) is 0 Å². The van der Waals surface area contributed by atoms with Crippen LogP contribution in [-0.4, -0.2) is 29.5 Å². The topological polar surface area (TPSA) is 55.5 Å². The predicted molar refractivity (Wildman–Crippen MR) is 81.7 cm³/mol. The van der Waals surface area contributed by atoms with E-state index in [0.29, 0.717) is 12.5 Å². The normalized spacial score (nSPS) is 29.9. The van der Waals surface area contributed by atoms with Crippen molar-refractivity contribution in [3.63, 3.8) is 0 Å². The smallest absolute Gasteiger partial charge is 0.0811 e. The fourth-order valence-electron chi connectivity index (χ4n) is 3.07. The van der Waals surface area contributed by atoms with E-state index in [1.165, 1.54) is 5.56 Å². The summed E-state index contributed by atoms with van der Waals surface area (Å²) in [6.45, 7) is 4.22. The molecular weight excluding hydrogens is 250 g/mol. The van der Waals surface area contributed by atoms with Gasteiger partial charge in [-0.05, 0) is 51.0 Å². The molecule has 0 saturated heterocycles. The Morgan fingerprint density at radius 3 is 2.35 bits per heavy atom. The second-order valence-corrected chi connectivity index (χ2v) is 6.14. The van der Waals surface area contributed by atoms with E-state index in [1.807, 2.05) is 6.92 Å². The fourth-order valence-corrected chi connectivity index (χ4v) is 3.07. The largest absolute Gasteiger partial charge is 0.391 e. The van der Waals surface area contributed by atoms with E-state index in [9.17, 15) is 5.11 Å². The summed E-state index contributed by atoms with van der Waals surface area (Å²) in [6.07, 6.45) is 3.54. The number of hydrogen-bond acceptors (Lipinski definition) is 3. The summed E-state index contributed by atoms with van der Waals surface area (Å²) in [5.74, 6) is 0.612. The van der Waals surface area contributed by atoms with Gasteiger partial charge >= 0.3 is 0 Å². The number of rotatable bonds is 5. The lowest BCUT2D eigenvalue weighted by Gasteiger charge is -2.41. The van der Waals surface area contributed by atoms with Crippen LogP contribution in [0.1, 0.15) is 51.0 Å². The molecule has 0 amide bonds. The molecule has 0 radical (unpaired) electrons. The molecular formula is C17H27NO2. The van der Waals surface area contributed by atoms with Gasteiger partial charge in [-0.1, -0.05) is 30.3 Å². The first-order chi connectivity index (χ1) is 9.56. The molecule has 0 bridgehead atoms. The van der Waals surface area contributed by atoms with Crippen LogP contribution in [0.25, 0.3) is 0 Å². The first-order valence-corrected chi connectivity index (χ1v) is 7.67. The van der Waals surface area contributed by atoms with Gasteiger partial charge in [0.05, 0.1) is 17.8 Å². The van der Waals surface area contributed by atoms with Gasteiger partial charge in [-0.15, -0.1) is 0 Å². The van der Waals surface area contributed by atoms with Crippen LogP contribution in [-0.2, 0) is 4.74 Å². The highest BCUT2D eigenvalue weighted by Gasteiger charge is 2.37. The fraction of sp³-hybridized carbons (Fsp3) is 0.647. The van der Waals surface area contributed by atoms with Crippen LogP contribution in [0.3, 0.4) is 0 Å². The average Bonchev–Trinajstić information content (AvgIpc) is 2.48. The molecule has 0 spiro atoms. The third-order valence-corrected chi connectivity index (χ3v) is 4.66. The van der Waals surface area contributed by atoms with Gasteiger partial charge in [-0.25, -0.2) is 0 Å². The summed E-state index contributed by atoms with van der Waals surface area (Å²) in [5.41, 5.74) is 7.13. The van der Waals surface area contributed by atoms with Crippen molar-refractivity contribution in [2.75, 3.05) is 6.54 Å². The van der Waals surface area contributed by atoms with Crippen molar-refractivity contribution in [1.82, 2.24) is 0 Å². The van der Waals surface area contributed by atoms with Crippen LogP contribution in [0.4, 0.5) is 0 Å². The van der Waals surface area contributed by atoms with Crippen LogP contribution in [0.2, 0.25) is 0 Å². The Hall–Kier alpha value is -0.900. The second-order valence-electron chi connectivity index (χ2n) is 6.14. The molecule has 1 fully saturated rings. The minimum absolute atomic E-state index is 0.160. The Morgan fingerprint density at radius 2 is 1.85 bits per heavy atom. The van der Waals surface area contributed by atoms with Crippen LogP contribution in [0.15, 0.2) is 30.3 Å². The van der Waals surface area contributed by atoms with Gasteiger partial charge in [0.15, 0.2) is 0 Å². The molecule has 2 unspecified atom stereocenters. The van der Waals surface area contributed by atoms with Crippen molar-refractivity contribution >= 4 is 0 Å².